The van der Waals surface area contributed by atoms with E-state index in [9.17, 15) is 14.4 Å². The van der Waals surface area contributed by atoms with Gasteiger partial charge in [-0.3, -0.25) is 14.4 Å². The van der Waals surface area contributed by atoms with Gasteiger partial charge < -0.3 is 23.8 Å². The Balaban J connectivity index is 1.91. The first-order chi connectivity index (χ1) is 17.3. The van der Waals surface area contributed by atoms with E-state index in [0.717, 1.165) is 29.9 Å². The third kappa shape index (κ3) is 10.9. The Hall–Kier alpha value is -3.39. The van der Waals surface area contributed by atoms with Gasteiger partial charge in [0.1, 0.15) is 24.2 Å². The zero-order valence-corrected chi connectivity index (χ0v) is 21.7. The summed E-state index contributed by atoms with van der Waals surface area (Å²) in [5.41, 5.74) is 2.22. The molecule has 0 saturated carbocycles. The SMILES string of the molecule is CCCC(=O)OC(=O)CCC(=O)OC(COc1ccccc1CCc1cccc(OC)c1)CN(C)C. The van der Waals surface area contributed by atoms with Crippen LogP contribution in [0.3, 0.4) is 0 Å². The van der Waals surface area contributed by atoms with E-state index in [1.165, 1.54) is 5.56 Å². The van der Waals surface area contributed by atoms with Crippen LogP contribution in [-0.2, 0) is 36.7 Å². The molecule has 0 heterocycles. The Morgan fingerprint density at radius 3 is 2.33 bits per heavy atom. The number of esters is 3. The smallest absolute Gasteiger partial charge is 0.314 e. The van der Waals surface area contributed by atoms with Gasteiger partial charge in [-0.05, 0) is 62.7 Å². The number of nitrogens with zero attached hydrogens (tertiary/aromatic N) is 1. The number of aryl methyl sites for hydroxylation is 2. The Bertz CT molecular complexity index is 989. The van der Waals surface area contributed by atoms with Gasteiger partial charge in [-0.1, -0.05) is 37.3 Å². The second-order valence-corrected chi connectivity index (χ2v) is 8.74. The summed E-state index contributed by atoms with van der Waals surface area (Å²) in [5.74, 6) is -0.295. The fourth-order valence-corrected chi connectivity index (χ4v) is 3.55. The Morgan fingerprint density at radius 2 is 1.61 bits per heavy atom. The summed E-state index contributed by atoms with van der Waals surface area (Å²) in [6.07, 6.45) is 1.45. The molecule has 0 aliphatic carbocycles. The summed E-state index contributed by atoms with van der Waals surface area (Å²) in [4.78, 5) is 37.4. The van der Waals surface area contributed by atoms with Crippen molar-refractivity contribution in [1.82, 2.24) is 4.90 Å². The quantitative estimate of drug-likeness (QED) is 0.268. The number of para-hydroxylation sites is 1. The average molecular weight is 500 g/mol. The van der Waals surface area contributed by atoms with E-state index in [2.05, 4.69) is 10.8 Å². The summed E-state index contributed by atoms with van der Waals surface area (Å²) in [6, 6.07) is 15.8. The normalized spacial score (nSPS) is 11.6. The minimum atomic E-state index is -0.726. The number of ether oxygens (including phenoxy) is 4. The van der Waals surface area contributed by atoms with Crippen molar-refractivity contribution in [2.45, 2.75) is 51.6 Å². The molecule has 1 atom stereocenters. The molecule has 0 saturated heterocycles. The topological polar surface area (TPSA) is 91.4 Å². The van der Waals surface area contributed by atoms with Crippen molar-refractivity contribution in [3.05, 3.63) is 59.7 Å². The molecule has 0 aromatic heterocycles. The number of methoxy groups -OCH3 is 1. The number of hydrogen-bond acceptors (Lipinski definition) is 8. The standard InChI is InChI=1S/C28H37NO7/c1-5-9-26(30)36-28(32)17-16-27(31)35-24(19-29(2)3)20-34-25-13-7-6-11-22(25)15-14-21-10-8-12-23(18-21)33-4/h6-8,10-13,18,24H,5,9,14-17,19-20H2,1-4H3. The molecule has 8 nitrogen and oxygen atoms in total. The molecule has 0 bridgehead atoms. The zero-order valence-electron chi connectivity index (χ0n) is 21.7. The highest BCUT2D eigenvalue weighted by Crippen LogP contribution is 2.22. The molecule has 2 rings (SSSR count). The van der Waals surface area contributed by atoms with Gasteiger partial charge in [-0.2, -0.15) is 0 Å². The Labute approximate surface area is 213 Å². The molecule has 2 aromatic rings. The number of carbonyl (C=O) groups excluding carboxylic acids is 3. The molecule has 8 heteroatoms. The van der Waals surface area contributed by atoms with Gasteiger partial charge in [0.05, 0.1) is 20.0 Å². The van der Waals surface area contributed by atoms with Crippen LogP contribution in [-0.4, -0.2) is 63.3 Å². The van der Waals surface area contributed by atoms with Crippen molar-refractivity contribution in [3.63, 3.8) is 0 Å². The number of likely N-dealkylation sites (N-methyl/N-ethyl adjacent to an activating group) is 1. The largest absolute Gasteiger partial charge is 0.497 e. The van der Waals surface area contributed by atoms with Crippen molar-refractivity contribution >= 4 is 17.9 Å². The van der Waals surface area contributed by atoms with Gasteiger partial charge in [0, 0.05) is 13.0 Å². The molecule has 0 radical (unpaired) electrons. The summed E-state index contributed by atoms with van der Waals surface area (Å²) < 4.78 is 21.6. The van der Waals surface area contributed by atoms with Crippen LogP contribution in [0, 0.1) is 0 Å². The van der Waals surface area contributed by atoms with E-state index in [0.29, 0.717) is 13.0 Å². The summed E-state index contributed by atoms with van der Waals surface area (Å²) in [6.45, 7) is 2.44. The molecule has 0 aliphatic heterocycles. The van der Waals surface area contributed by atoms with Crippen LogP contribution in [0.5, 0.6) is 11.5 Å². The van der Waals surface area contributed by atoms with E-state index in [1.807, 2.05) is 68.4 Å². The minimum Gasteiger partial charge on any atom is -0.497 e. The molecule has 0 fully saturated rings. The van der Waals surface area contributed by atoms with Crippen molar-refractivity contribution in [3.8, 4) is 11.5 Å². The number of carbonyl (C=O) groups is 3. The maximum absolute atomic E-state index is 12.3. The lowest BCUT2D eigenvalue weighted by atomic mass is 10.0. The molecule has 0 aliphatic rings. The number of benzene rings is 2. The molecule has 0 N–H and O–H groups in total. The van der Waals surface area contributed by atoms with Gasteiger partial charge in [-0.15, -0.1) is 0 Å². The summed E-state index contributed by atoms with van der Waals surface area (Å²) >= 11 is 0. The van der Waals surface area contributed by atoms with Crippen molar-refractivity contribution in [2.75, 3.05) is 34.4 Å². The van der Waals surface area contributed by atoms with Crippen LogP contribution in [0.15, 0.2) is 48.5 Å². The molecule has 196 valence electrons. The van der Waals surface area contributed by atoms with Gasteiger partial charge in [0.15, 0.2) is 0 Å². The fraction of sp³-hybridized carbons (Fsp3) is 0.464. The van der Waals surface area contributed by atoms with Crippen LogP contribution in [0.1, 0.15) is 43.7 Å². The van der Waals surface area contributed by atoms with E-state index in [-0.39, 0.29) is 25.9 Å². The summed E-state index contributed by atoms with van der Waals surface area (Å²) in [7, 11) is 5.40. The zero-order chi connectivity index (χ0) is 26.3. The van der Waals surface area contributed by atoms with Gasteiger partial charge in [0.2, 0.25) is 0 Å². The highest BCUT2D eigenvalue weighted by molar-refractivity contribution is 5.87. The third-order valence-corrected chi connectivity index (χ3v) is 5.30. The predicted molar refractivity (Wildman–Crippen MR) is 136 cm³/mol. The monoisotopic (exact) mass is 499 g/mol. The second-order valence-electron chi connectivity index (χ2n) is 8.74. The lowest BCUT2D eigenvalue weighted by Gasteiger charge is -2.22. The molecule has 0 amide bonds. The Morgan fingerprint density at radius 1 is 0.889 bits per heavy atom. The molecule has 36 heavy (non-hydrogen) atoms. The maximum Gasteiger partial charge on any atom is 0.314 e. The molecule has 0 spiro atoms. The van der Waals surface area contributed by atoms with Crippen molar-refractivity contribution in [1.29, 1.82) is 0 Å². The lowest BCUT2D eigenvalue weighted by molar-refractivity contribution is -0.162. The molecular weight excluding hydrogens is 462 g/mol. The summed E-state index contributed by atoms with van der Waals surface area (Å²) in [5, 5.41) is 0. The van der Waals surface area contributed by atoms with Gasteiger partial charge >= 0.3 is 17.9 Å². The third-order valence-electron chi connectivity index (χ3n) is 5.30. The van der Waals surface area contributed by atoms with Crippen LogP contribution in [0.25, 0.3) is 0 Å². The van der Waals surface area contributed by atoms with Crippen LogP contribution >= 0.6 is 0 Å². The van der Waals surface area contributed by atoms with Crippen LogP contribution < -0.4 is 9.47 Å². The average Bonchev–Trinajstić information content (AvgIpc) is 2.85. The first kappa shape index (κ1) is 28.8. The lowest BCUT2D eigenvalue weighted by Crippen LogP contribution is -2.35. The first-order valence-corrected chi connectivity index (χ1v) is 12.2. The predicted octanol–water partition coefficient (Wildman–Crippen LogP) is 3.98. The van der Waals surface area contributed by atoms with Crippen LogP contribution in [0.2, 0.25) is 0 Å². The number of rotatable bonds is 15. The van der Waals surface area contributed by atoms with E-state index < -0.39 is 24.0 Å². The molecule has 1 unspecified atom stereocenters. The maximum atomic E-state index is 12.3. The highest BCUT2D eigenvalue weighted by atomic mass is 16.6. The molecular formula is C28H37NO7. The minimum absolute atomic E-state index is 0.166. The van der Waals surface area contributed by atoms with E-state index in [1.54, 1.807) is 7.11 Å². The Kier molecular flexibility index (Phi) is 12.5. The first-order valence-electron chi connectivity index (χ1n) is 12.2. The van der Waals surface area contributed by atoms with Crippen molar-refractivity contribution in [2.24, 2.45) is 0 Å². The van der Waals surface area contributed by atoms with E-state index in [4.69, 9.17) is 14.2 Å². The second kappa shape index (κ2) is 15.6. The van der Waals surface area contributed by atoms with E-state index >= 15 is 0 Å². The van der Waals surface area contributed by atoms with Crippen LogP contribution in [0.4, 0.5) is 0 Å². The number of hydrogen-bond donors (Lipinski definition) is 0. The highest BCUT2D eigenvalue weighted by Gasteiger charge is 2.19. The molecule has 2 aromatic carbocycles. The van der Waals surface area contributed by atoms with Crippen molar-refractivity contribution < 1.29 is 33.3 Å². The van der Waals surface area contributed by atoms with Gasteiger partial charge in [0.25, 0.3) is 0 Å². The van der Waals surface area contributed by atoms with Gasteiger partial charge in [-0.25, -0.2) is 0 Å². The fourth-order valence-electron chi connectivity index (χ4n) is 3.55.